The molecule has 26 heavy (non-hydrogen) atoms. The summed E-state index contributed by atoms with van der Waals surface area (Å²) in [5, 5.41) is 11.9. The molecule has 2 aromatic carbocycles. The lowest BCUT2D eigenvalue weighted by Crippen LogP contribution is -2.10. The number of pyridine rings is 1. The van der Waals surface area contributed by atoms with Crippen molar-refractivity contribution >= 4 is 10.9 Å². The Morgan fingerprint density at radius 1 is 0.846 bits per heavy atom. The molecule has 1 N–H and O–H groups in total. The first-order chi connectivity index (χ1) is 12.5. The molecule has 0 aliphatic heterocycles. The quantitative estimate of drug-likeness (QED) is 0.699. The third-order valence-electron chi connectivity index (χ3n) is 5.67. The van der Waals surface area contributed by atoms with E-state index in [4.69, 9.17) is 4.98 Å². The number of aromatic nitrogens is 1. The summed E-state index contributed by atoms with van der Waals surface area (Å²) in [5.41, 5.74) is 8.54. The number of hydrogen-bond acceptors (Lipinski definition) is 2. The Kier molecular flexibility index (Phi) is 4.54. The molecule has 1 aromatic heterocycles. The SMILES string of the molecule is Cc1cc([C@@H](O)C(C)C)nc2c3ccc(c12)CCc1ccc(cc1)CC3. The molecule has 4 aliphatic rings. The Hall–Kier alpha value is -2.19. The van der Waals surface area contributed by atoms with Crippen LogP contribution in [0.1, 0.15) is 53.5 Å². The fourth-order valence-corrected chi connectivity index (χ4v) is 4.03. The first-order valence-electron chi connectivity index (χ1n) is 9.71. The van der Waals surface area contributed by atoms with Gasteiger partial charge in [-0.15, -0.1) is 0 Å². The first kappa shape index (κ1) is 17.2. The predicted octanol–water partition coefficient (Wildman–Crippen LogP) is 5.12. The van der Waals surface area contributed by atoms with Gasteiger partial charge in [-0.3, -0.25) is 0 Å². The molecule has 0 saturated heterocycles. The van der Waals surface area contributed by atoms with Crippen molar-refractivity contribution in [2.24, 2.45) is 5.92 Å². The third-order valence-corrected chi connectivity index (χ3v) is 5.67. The van der Waals surface area contributed by atoms with Crippen LogP contribution in [0.3, 0.4) is 0 Å². The van der Waals surface area contributed by atoms with Crippen LogP contribution in [0.2, 0.25) is 0 Å². The molecule has 2 nitrogen and oxygen atoms in total. The van der Waals surface area contributed by atoms with Gasteiger partial charge >= 0.3 is 0 Å². The van der Waals surface area contributed by atoms with Gasteiger partial charge < -0.3 is 5.11 Å². The molecular weight excluding hydrogens is 318 g/mol. The summed E-state index contributed by atoms with van der Waals surface area (Å²) in [6.45, 7) is 6.24. The van der Waals surface area contributed by atoms with E-state index in [2.05, 4.69) is 49.4 Å². The highest BCUT2D eigenvalue weighted by Gasteiger charge is 2.18. The van der Waals surface area contributed by atoms with Gasteiger partial charge in [0.1, 0.15) is 0 Å². The highest BCUT2D eigenvalue weighted by atomic mass is 16.3. The molecule has 1 atom stereocenters. The third kappa shape index (κ3) is 3.14. The summed E-state index contributed by atoms with van der Waals surface area (Å²) in [7, 11) is 0. The van der Waals surface area contributed by atoms with Crippen LogP contribution in [0, 0.1) is 12.8 Å². The van der Waals surface area contributed by atoms with Crippen LogP contribution in [0.25, 0.3) is 10.9 Å². The highest BCUT2D eigenvalue weighted by molar-refractivity contribution is 5.88. The van der Waals surface area contributed by atoms with Gasteiger partial charge in [0.2, 0.25) is 0 Å². The number of benzene rings is 2. The molecule has 7 rings (SSSR count). The maximum atomic E-state index is 10.6. The Bertz CT molecular complexity index is 941. The minimum Gasteiger partial charge on any atom is -0.387 e. The minimum absolute atomic E-state index is 0.162. The van der Waals surface area contributed by atoms with E-state index in [0.717, 1.165) is 36.9 Å². The van der Waals surface area contributed by atoms with Crippen molar-refractivity contribution in [1.82, 2.24) is 4.98 Å². The second-order valence-corrected chi connectivity index (χ2v) is 7.98. The fraction of sp³-hybridized carbons (Fsp3) is 0.375. The molecule has 4 aliphatic carbocycles. The number of aliphatic hydroxyl groups excluding tert-OH is 1. The van der Waals surface area contributed by atoms with E-state index in [0.29, 0.717) is 0 Å². The Morgan fingerprint density at radius 3 is 2.04 bits per heavy atom. The Morgan fingerprint density at radius 2 is 1.42 bits per heavy atom. The Balaban J connectivity index is 1.89. The summed E-state index contributed by atoms with van der Waals surface area (Å²) >= 11 is 0. The predicted molar refractivity (Wildman–Crippen MR) is 108 cm³/mol. The molecule has 3 aromatic rings. The standard InChI is InChI=1S/C24H27NO/c1-15(2)24(26)21-14-16(3)22-19-10-8-17-4-6-18(7-5-17)9-11-20(13-12-19)23(22)25-21/h4-7,12-15,24,26H,8-11H2,1-3H3/t24-/m0/s1. The zero-order chi connectivity index (χ0) is 18.3. The lowest BCUT2D eigenvalue weighted by molar-refractivity contribution is 0.123. The minimum atomic E-state index is -0.514. The molecule has 0 radical (unpaired) electrons. The first-order valence-corrected chi connectivity index (χ1v) is 9.71. The molecule has 1 heterocycles. The van der Waals surface area contributed by atoms with E-state index in [1.54, 1.807) is 0 Å². The van der Waals surface area contributed by atoms with Crippen LogP contribution in [-0.4, -0.2) is 10.1 Å². The molecule has 0 spiro atoms. The number of nitrogens with zero attached hydrogens (tertiary/aromatic N) is 1. The topological polar surface area (TPSA) is 33.1 Å². The van der Waals surface area contributed by atoms with Crippen molar-refractivity contribution in [1.29, 1.82) is 0 Å². The summed E-state index contributed by atoms with van der Waals surface area (Å²) in [6.07, 6.45) is 3.55. The molecule has 0 saturated carbocycles. The molecule has 0 amide bonds. The van der Waals surface area contributed by atoms with Crippen LogP contribution in [0.4, 0.5) is 0 Å². The molecule has 134 valence electrons. The van der Waals surface area contributed by atoms with E-state index in [-0.39, 0.29) is 5.92 Å². The second kappa shape index (κ2) is 6.85. The van der Waals surface area contributed by atoms with Gasteiger partial charge in [-0.05, 0) is 72.4 Å². The van der Waals surface area contributed by atoms with Crippen LogP contribution in [-0.2, 0) is 25.7 Å². The maximum Gasteiger partial charge on any atom is 0.0982 e. The van der Waals surface area contributed by atoms with Gasteiger partial charge in [-0.25, -0.2) is 4.98 Å². The van der Waals surface area contributed by atoms with Gasteiger partial charge in [0, 0.05) is 5.39 Å². The molecular formula is C24H27NO. The van der Waals surface area contributed by atoms with E-state index in [9.17, 15) is 5.11 Å². The number of aryl methyl sites for hydroxylation is 5. The second-order valence-electron chi connectivity index (χ2n) is 7.98. The van der Waals surface area contributed by atoms with Crippen LogP contribution < -0.4 is 0 Å². The fourth-order valence-electron chi connectivity index (χ4n) is 4.03. The van der Waals surface area contributed by atoms with Crippen molar-refractivity contribution in [2.75, 3.05) is 0 Å². The normalized spacial score (nSPS) is 15.3. The van der Waals surface area contributed by atoms with E-state index >= 15 is 0 Å². The van der Waals surface area contributed by atoms with Crippen molar-refractivity contribution in [2.45, 2.75) is 52.6 Å². The summed E-state index contributed by atoms with van der Waals surface area (Å²) in [6, 6.07) is 15.7. The average molecular weight is 345 g/mol. The lowest BCUT2D eigenvalue weighted by atomic mass is 9.90. The van der Waals surface area contributed by atoms with Crippen molar-refractivity contribution in [3.8, 4) is 0 Å². The van der Waals surface area contributed by atoms with Crippen molar-refractivity contribution < 1.29 is 5.11 Å². The molecule has 0 unspecified atom stereocenters. The molecule has 2 heteroatoms. The van der Waals surface area contributed by atoms with Crippen LogP contribution in [0.15, 0.2) is 42.5 Å². The van der Waals surface area contributed by atoms with Gasteiger partial charge in [0.15, 0.2) is 0 Å². The zero-order valence-corrected chi connectivity index (χ0v) is 15.9. The summed E-state index contributed by atoms with van der Waals surface area (Å²) in [4.78, 5) is 4.96. The largest absolute Gasteiger partial charge is 0.387 e. The highest BCUT2D eigenvalue weighted by Crippen LogP contribution is 2.31. The summed E-state index contributed by atoms with van der Waals surface area (Å²) < 4.78 is 0. The zero-order valence-electron chi connectivity index (χ0n) is 15.9. The Labute approximate surface area is 155 Å². The average Bonchev–Trinajstić information content (AvgIpc) is 2.63. The molecule has 0 fully saturated rings. The van der Waals surface area contributed by atoms with Crippen molar-refractivity contribution in [3.63, 3.8) is 0 Å². The lowest BCUT2D eigenvalue weighted by Gasteiger charge is -2.19. The van der Waals surface area contributed by atoms with E-state index < -0.39 is 6.10 Å². The molecule has 4 bridgehead atoms. The number of rotatable bonds is 2. The van der Waals surface area contributed by atoms with Gasteiger partial charge in [-0.2, -0.15) is 0 Å². The number of hydrogen-bond donors (Lipinski definition) is 1. The van der Waals surface area contributed by atoms with Gasteiger partial charge in [0.05, 0.1) is 17.3 Å². The summed E-state index contributed by atoms with van der Waals surface area (Å²) in [5.74, 6) is 0.162. The monoisotopic (exact) mass is 345 g/mol. The van der Waals surface area contributed by atoms with Crippen LogP contribution >= 0.6 is 0 Å². The number of aliphatic hydroxyl groups is 1. The van der Waals surface area contributed by atoms with E-state index in [1.165, 1.54) is 33.2 Å². The van der Waals surface area contributed by atoms with E-state index in [1.807, 2.05) is 13.8 Å². The maximum absolute atomic E-state index is 10.6. The van der Waals surface area contributed by atoms with Gasteiger partial charge in [-0.1, -0.05) is 50.2 Å². The van der Waals surface area contributed by atoms with Crippen molar-refractivity contribution in [3.05, 3.63) is 76.0 Å². The van der Waals surface area contributed by atoms with Gasteiger partial charge in [0.25, 0.3) is 0 Å². The van der Waals surface area contributed by atoms with Crippen LogP contribution in [0.5, 0.6) is 0 Å². The smallest absolute Gasteiger partial charge is 0.0982 e.